The van der Waals surface area contributed by atoms with Crippen LogP contribution in [0.2, 0.25) is 0 Å². The van der Waals surface area contributed by atoms with Crippen LogP contribution < -0.4 is 4.74 Å². The van der Waals surface area contributed by atoms with E-state index in [-0.39, 0.29) is 35.4 Å². The number of ketones is 2. The van der Waals surface area contributed by atoms with Gasteiger partial charge in [0, 0.05) is 17.8 Å². The van der Waals surface area contributed by atoms with Gasteiger partial charge in [-0.3, -0.25) is 14.4 Å². The molecule has 6 nitrogen and oxygen atoms in total. The Balaban J connectivity index is 2.31. The molecular weight excluding hydrogens is 432 g/mol. The van der Waals surface area contributed by atoms with E-state index in [1.165, 1.54) is 0 Å². The second-order valence-electron chi connectivity index (χ2n) is 9.65. The third-order valence-corrected chi connectivity index (χ3v) is 6.92. The number of benzene rings is 1. The Kier molecular flexibility index (Phi) is 10.5. The van der Waals surface area contributed by atoms with Crippen LogP contribution >= 0.6 is 0 Å². The van der Waals surface area contributed by atoms with Crippen molar-refractivity contribution in [2.45, 2.75) is 73.2 Å². The van der Waals surface area contributed by atoms with E-state index in [0.29, 0.717) is 19.4 Å². The van der Waals surface area contributed by atoms with Crippen molar-refractivity contribution in [3.8, 4) is 5.75 Å². The zero-order valence-corrected chi connectivity index (χ0v) is 21.6. The average Bonchev–Trinajstić information content (AvgIpc) is 2.84. The van der Waals surface area contributed by atoms with E-state index >= 15 is 0 Å². The number of cyclic esters (lactones) is 1. The number of Topliss-reactive ketones (excluding diaryl/α,β-unsaturated/α-hetero) is 1. The molecule has 1 aromatic carbocycles. The van der Waals surface area contributed by atoms with Crippen LogP contribution in [0.1, 0.15) is 59.9 Å². The van der Waals surface area contributed by atoms with Gasteiger partial charge in [-0.1, -0.05) is 52.8 Å². The van der Waals surface area contributed by atoms with E-state index in [1.807, 2.05) is 58.0 Å². The number of hydrogen-bond acceptors (Lipinski definition) is 6. The minimum absolute atomic E-state index is 0.0261. The predicted octanol–water partition coefficient (Wildman–Crippen LogP) is 5.18. The van der Waals surface area contributed by atoms with Crippen LogP contribution in [0.15, 0.2) is 36.4 Å². The fourth-order valence-corrected chi connectivity index (χ4v) is 4.54. The molecule has 0 radical (unpaired) electrons. The molecule has 188 valence electrons. The standard InChI is InChI=1S/C28H40O6/c1-8-25-17(2)9-14-24(29)18(3)15-19(4)27(20(5)26(30)21(6)28(31)34-25)33-16-22-10-12-23(32-7)13-11-22/h9-14,17-21,25,27H,8,15-16H2,1-7H3/b14-9+/t17-,18-,19+,20+,21-,25-,27+/m1/s1. The molecular formula is C28H40O6. The summed E-state index contributed by atoms with van der Waals surface area (Å²) in [5, 5.41) is 0. The normalized spacial score (nSPS) is 32.6. The second kappa shape index (κ2) is 12.8. The van der Waals surface area contributed by atoms with Gasteiger partial charge in [0.15, 0.2) is 11.6 Å². The van der Waals surface area contributed by atoms with Gasteiger partial charge in [0.05, 0.1) is 19.8 Å². The number of carbonyl (C=O) groups is 3. The van der Waals surface area contributed by atoms with Crippen molar-refractivity contribution in [2.24, 2.45) is 29.6 Å². The number of allylic oxidation sites excluding steroid dienone is 1. The lowest BCUT2D eigenvalue weighted by atomic mass is 9.81. The van der Waals surface area contributed by atoms with Crippen LogP contribution in [0.4, 0.5) is 0 Å². The molecule has 0 aromatic heterocycles. The Bertz CT molecular complexity index is 858. The molecule has 7 atom stereocenters. The summed E-state index contributed by atoms with van der Waals surface area (Å²) >= 11 is 0. The van der Waals surface area contributed by atoms with Crippen LogP contribution in [0.25, 0.3) is 0 Å². The molecule has 2 rings (SSSR count). The Hall–Kier alpha value is -2.47. The highest BCUT2D eigenvalue weighted by molar-refractivity contribution is 6.00. The largest absolute Gasteiger partial charge is 0.497 e. The summed E-state index contributed by atoms with van der Waals surface area (Å²) < 4.78 is 17.2. The molecule has 0 unspecified atom stereocenters. The van der Waals surface area contributed by atoms with Gasteiger partial charge in [0.1, 0.15) is 17.8 Å². The number of methoxy groups -OCH3 is 1. The van der Waals surface area contributed by atoms with Gasteiger partial charge in [-0.15, -0.1) is 0 Å². The molecule has 0 spiro atoms. The summed E-state index contributed by atoms with van der Waals surface area (Å²) in [6.07, 6.45) is 3.76. The highest BCUT2D eigenvalue weighted by Crippen LogP contribution is 2.29. The number of hydrogen-bond donors (Lipinski definition) is 0. The SMILES string of the molecule is CC[C@H]1OC(=O)[C@H](C)C(=O)[C@H](C)[C@@H](OCc2ccc(OC)cc2)[C@@H](C)C[C@@H](C)C(=O)/C=C/[C@H]1C. The fourth-order valence-electron chi connectivity index (χ4n) is 4.54. The molecule has 0 aliphatic carbocycles. The Morgan fingerprint density at radius 2 is 1.65 bits per heavy atom. The maximum absolute atomic E-state index is 13.3. The van der Waals surface area contributed by atoms with Crippen molar-refractivity contribution >= 4 is 17.5 Å². The topological polar surface area (TPSA) is 78.9 Å². The Morgan fingerprint density at radius 1 is 1.00 bits per heavy atom. The smallest absolute Gasteiger partial charge is 0.316 e. The van der Waals surface area contributed by atoms with E-state index in [4.69, 9.17) is 14.2 Å². The Morgan fingerprint density at radius 3 is 2.24 bits per heavy atom. The minimum atomic E-state index is -0.887. The molecule has 1 aromatic rings. The zero-order valence-electron chi connectivity index (χ0n) is 21.6. The van der Waals surface area contributed by atoms with Crippen LogP contribution in [0, 0.1) is 29.6 Å². The van der Waals surface area contributed by atoms with Crippen molar-refractivity contribution in [1.82, 2.24) is 0 Å². The van der Waals surface area contributed by atoms with E-state index in [0.717, 1.165) is 11.3 Å². The van der Waals surface area contributed by atoms with E-state index in [1.54, 1.807) is 27.0 Å². The highest BCUT2D eigenvalue weighted by atomic mass is 16.5. The molecule has 6 heteroatoms. The summed E-state index contributed by atoms with van der Waals surface area (Å²) in [5.41, 5.74) is 0.950. The first-order valence-electron chi connectivity index (χ1n) is 12.3. The molecule has 0 bridgehead atoms. The third kappa shape index (κ3) is 7.26. The number of carbonyl (C=O) groups excluding carboxylic acids is 3. The zero-order chi connectivity index (χ0) is 25.4. The molecule has 1 heterocycles. The molecule has 1 aliphatic rings. The first-order chi connectivity index (χ1) is 16.1. The lowest BCUT2D eigenvalue weighted by Gasteiger charge is -2.32. The maximum atomic E-state index is 13.3. The monoisotopic (exact) mass is 472 g/mol. The molecule has 0 amide bonds. The first-order valence-corrected chi connectivity index (χ1v) is 12.3. The number of esters is 1. The first kappa shape index (κ1) is 27.8. The van der Waals surface area contributed by atoms with Gasteiger partial charge >= 0.3 is 5.97 Å². The Labute approximate surface area is 204 Å². The van der Waals surface area contributed by atoms with Gasteiger partial charge in [-0.2, -0.15) is 0 Å². The summed E-state index contributed by atoms with van der Waals surface area (Å²) in [5.74, 6) is -1.77. The minimum Gasteiger partial charge on any atom is -0.497 e. The van der Waals surface area contributed by atoms with Gasteiger partial charge in [-0.05, 0) is 49.5 Å². The predicted molar refractivity (Wildman–Crippen MR) is 131 cm³/mol. The average molecular weight is 473 g/mol. The van der Waals surface area contributed by atoms with Crippen LogP contribution in [0.5, 0.6) is 5.75 Å². The summed E-state index contributed by atoms with van der Waals surface area (Å²) in [7, 11) is 1.61. The lowest BCUT2D eigenvalue weighted by molar-refractivity contribution is -0.160. The van der Waals surface area contributed by atoms with Gasteiger partial charge in [-0.25, -0.2) is 0 Å². The maximum Gasteiger partial charge on any atom is 0.316 e. The fraction of sp³-hybridized carbons (Fsp3) is 0.607. The molecule has 0 saturated heterocycles. The van der Waals surface area contributed by atoms with Crippen LogP contribution in [-0.2, 0) is 30.5 Å². The van der Waals surface area contributed by atoms with E-state index < -0.39 is 23.9 Å². The summed E-state index contributed by atoms with van der Waals surface area (Å²) in [6, 6.07) is 7.56. The molecule has 0 N–H and O–H groups in total. The number of ether oxygens (including phenoxy) is 3. The highest BCUT2D eigenvalue weighted by Gasteiger charge is 2.37. The van der Waals surface area contributed by atoms with Gasteiger partial charge < -0.3 is 14.2 Å². The van der Waals surface area contributed by atoms with E-state index in [9.17, 15) is 14.4 Å². The number of rotatable bonds is 5. The molecule has 0 fully saturated rings. The van der Waals surface area contributed by atoms with Gasteiger partial charge in [0.25, 0.3) is 0 Å². The quantitative estimate of drug-likeness (QED) is 0.434. The molecule has 0 saturated carbocycles. The van der Waals surface area contributed by atoms with Crippen molar-refractivity contribution in [2.75, 3.05) is 7.11 Å². The second-order valence-corrected chi connectivity index (χ2v) is 9.65. The third-order valence-electron chi connectivity index (χ3n) is 6.92. The van der Waals surface area contributed by atoms with E-state index in [2.05, 4.69) is 0 Å². The van der Waals surface area contributed by atoms with Crippen molar-refractivity contribution < 1.29 is 28.6 Å². The van der Waals surface area contributed by atoms with Crippen molar-refractivity contribution in [3.05, 3.63) is 42.0 Å². The lowest BCUT2D eigenvalue weighted by Crippen LogP contribution is -2.40. The molecule has 1 aliphatic heterocycles. The summed E-state index contributed by atoms with van der Waals surface area (Å²) in [4.78, 5) is 38.9. The van der Waals surface area contributed by atoms with Crippen molar-refractivity contribution in [1.29, 1.82) is 0 Å². The van der Waals surface area contributed by atoms with Crippen LogP contribution in [-0.4, -0.2) is 36.9 Å². The molecule has 34 heavy (non-hydrogen) atoms. The van der Waals surface area contributed by atoms with Crippen LogP contribution in [0.3, 0.4) is 0 Å². The van der Waals surface area contributed by atoms with Crippen molar-refractivity contribution in [3.63, 3.8) is 0 Å². The van der Waals surface area contributed by atoms with Gasteiger partial charge in [0.2, 0.25) is 0 Å². The summed E-state index contributed by atoms with van der Waals surface area (Å²) in [6.45, 7) is 11.5.